The summed E-state index contributed by atoms with van der Waals surface area (Å²) < 4.78 is 22.9. The minimum absolute atomic E-state index is 0.0289. The summed E-state index contributed by atoms with van der Waals surface area (Å²) in [6.07, 6.45) is -2.10. The van der Waals surface area contributed by atoms with Crippen LogP contribution in [0.15, 0.2) is 48.5 Å². The molecule has 4 amide bonds. The highest BCUT2D eigenvalue weighted by Crippen LogP contribution is 2.42. The number of ether oxygens (including phenoxy) is 3. The molecule has 0 fully saturated rings. The summed E-state index contributed by atoms with van der Waals surface area (Å²) in [5.41, 5.74) is -0.146. The zero-order chi connectivity index (χ0) is 43.2. The van der Waals surface area contributed by atoms with E-state index in [2.05, 4.69) is 21.3 Å². The second kappa shape index (κ2) is 18.4. The first-order valence-corrected chi connectivity index (χ1v) is 21.3. The Labute approximate surface area is 339 Å². The average molecular weight is 831 g/mol. The van der Waals surface area contributed by atoms with E-state index in [1.807, 2.05) is 33.9 Å². The Bertz CT molecular complexity index is 1920. The van der Waals surface area contributed by atoms with Gasteiger partial charge in [0.1, 0.15) is 35.2 Å². The van der Waals surface area contributed by atoms with Crippen molar-refractivity contribution in [2.24, 2.45) is 0 Å². The van der Waals surface area contributed by atoms with Crippen molar-refractivity contribution in [3.63, 3.8) is 0 Å². The molecule has 17 heteroatoms. The maximum absolute atomic E-state index is 14.9. The highest BCUT2D eigenvalue weighted by Gasteiger charge is 2.44. The van der Waals surface area contributed by atoms with Crippen LogP contribution in [0, 0.1) is 6.92 Å². The molecule has 312 valence electrons. The van der Waals surface area contributed by atoms with Gasteiger partial charge in [-0.25, -0.2) is 4.79 Å². The van der Waals surface area contributed by atoms with Crippen LogP contribution in [-0.2, 0) is 23.5 Å². The molecule has 4 atom stereocenters. The fourth-order valence-electron chi connectivity index (χ4n) is 5.46. The molecule has 0 spiro atoms. The monoisotopic (exact) mass is 830 g/mol. The van der Waals surface area contributed by atoms with Crippen molar-refractivity contribution in [1.29, 1.82) is 0 Å². The average Bonchev–Trinajstić information content (AvgIpc) is 3.10. The van der Waals surface area contributed by atoms with Crippen LogP contribution >= 0.6 is 11.6 Å². The first kappa shape index (κ1) is 46.2. The third-order valence-corrected chi connectivity index (χ3v) is 14.3. The second-order valence-corrected chi connectivity index (χ2v) is 21.1. The van der Waals surface area contributed by atoms with Crippen LogP contribution in [-0.4, -0.2) is 80.4 Å². The Morgan fingerprint density at radius 3 is 1.72 bits per heavy atom. The fraction of sp³-hybridized carbons (Fsp3) is 0.450. The molecule has 0 radical (unpaired) electrons. The summed E-state index contributed by atoms with van der Waals surface area (Å²) in [5, 5.41) is 42.5. The van der Waals surface area contributed by atoms with Gasteiger partial charge in [0.2, 0.25) is 23.5 Å². The van der Waals surface area contributed by atoms with Gasteiger partial charge >= 0.3 is 6.09 Å². The smallest absolute Gasteiger partial charge is 0.408 e. The maximum atomic E-state index is 14.9. The van der Waals surface area contributed by atoms with E-state index in [1.165, 1.54) is 33.4 Å². The first-order valence-electron chi connectivity index (χ1n) is 18.1. The highest BCUT2D eigenvalue weighted by molar-refractivity contribution is 6.74. The SMILES string of the molecule is CNC(=O)[C@H](NC(=O)[C@@H](NC(=O)[C@H](NC(=O)OC(C)(C)C)[C@H](O[Si](C)(C)C(C)(C)C)c1ccc(Cl)cc1)c1cc(O)c(C)c(OC)c1)c1cc(O)c(OC)c(O)c1. The number of hydrogen-bond acceptors (Lipinski definition) is 11. The van der Waals surface area contributed by atoms with Crippen molar-refractivity contribution in [1.82, 2.24) is 21.3 Å². The number of phenolic OH excluding ortho intramolecular Hbond substituents is 3. The summed E-state index contributed by atoms with van der Waals surface area (Å²) in [6.45, 7) is 16.6. The van der Waals surface area contributed by atoms with E-state index in [1.54, 1.807) is 52.0 Å². The molecule has 3 aromatic rings. The zero-order valence-corrected chi connectivity index (χ0v) is 36.2. The fourth-order valence-corrected chi connectivity index (χ4v) is 6.85. The van der Waals surface area contributed by atoms with Crippen LogP contribution in [0.2, 0.25) is 23.2 Å². The molecule has 0 aromatic heterocycles. The Hall–Kier alpha value is -5.19. The van der Waals surface area contributed by atoms with Gasteiger partial charge in [-0.05, 0) is 98.9 Å². The standard InChI is InChI=1S/C40H55ClN4O11Si/c1-21-26(46)17-24(20-29(21)53-9)31(36(50)43-30(35(49)42-8)23-18-27(47)34(54-10)28(48)19-23)44-37(51)32(45-38(52)55-39(2,3)4)33(22-13-15-25(41)16-14-22)56-57(11,12)40(5,6)7/h13-20,30-33,46-48H,1-12H3,(H,42,49)(H,43,50)(H,44,51)(H,45,52)/t30-,31+,32-,33-/m1/s1. The number of nitrogens with one attached hydrogen (secondary N) is 4. The van der Waals surface area contributed by atoms with Crippen LogP contribution in [0.25, 0.3) is 0 Å². The van der Waals surface area contributed by atoms with Crippen LogP contribution in [0.1, 0.15) is 82.0 Å². The topological polar surface area (TPSA) is 214 Å². The summed E-state index contributed by atoms with van der Waals surface area (Å²) in [6, 6.07) is 6.74. The molecule has 3 rings (SSSR count). The predicted molar refractivity (Wildman–Crippen MR) is 217 cm³/mol. The molecule has 57 heavy (non-hydrogen) atoms. The second-order valence-electron chi connectivity index (χ2n) is 15.9. The maximum Gasteiger partial charge on any atom is 0.408 e. The Balaban J connectivity index is 2.26. The lowest BCUT2D eigenvalue weighted by Gasteiger charge is -2.41. The molecule has 0 unspecified atom stereocenters. The number of carbonyl (C=O) groups is 4. The molecule has 3 aromatic carbocycles. The predicted octanol–water partition coefficient (Wildman–Crippen LogP) is 6.20. The van der Waals surface area contributed by atoms with E-state index in [9.17, 15) is 34.5 Å². The van der Waals surface area contributed by atoms with Crippen molar-refractivity contribution >= 4 is 43.7 Å². The lowest BCUT2D eigenvalue weighted by Crippen LogP contribution is -2.56. The van der Waals surface area contributed by atoms with E-state index in [4.69, 9.17) is 30.2 Å². The van der Waals surface area contributed by atoms with Crippen LogP contribution < -0.4 is 30.7 Å². The third kappa shape index (κ3) is 11.7. The van der Waals surface area contributed by atoms with Gasteiger partial charge in [-0.15, -0.1) is 0 Å². The minimum Gasteiger partial charge on any atom is -0.508 e. The Morgan fingerprint density at radius 2 is 1.23 bits per heavy atom. The lowest BCUT2D eigenvalue weighted by atomic mass is 9.98. The number of aromatic hydroxyl groups is 3. The summed E-state index contributed by atoms with van der Waals surface area (Å²) in [4.78, 5) is 56.1. The van der Waals surface area contributed by atoms with Gasteiger partial charge in [0.15, 0.2) is 19.8 Å². The van der Waals surface area contributed by atoms with E-state index in [0.29, 0.717) is 16.1 Å². The molecule has 0 saturated heterocycles. The van der Waals surface area contributed by atoms with E-state index >= 15 is 0 Å². The van der Waals surface area contributed by atoms with E-state index in [-0.39, 0.29) is 33.4 Å². The summed E-state index contributed by atoms with van der Waals surface area (Å²) in [5.74, 6) is -4.01. The Morgan fingerprint density at radius 1 is 0.719 bits per heavy atom. The molecule has 0 bridgehead atoms. The van der Waals surface area contributed by atoms with Crippen LogP contribution in [0.3, 0.4) is 0 Å². The van der Waals surface area contributed by atoms with E-state index < -0.39 is 73.5 Å². The molecule has 7 N–H and O–H groups in total. The van der Waals surface area contributed by atoms with Crippen LogP contribution in [0.4, 0.5) is 4.79 Å². The van der Waals surface area contributed by atoms with Gasteiger partial charge in [-0.3, -0.25) is 14.4 Å². The molecular weight excluding hydrogens is 776 g/mol. The molecule has 0 saturated carbocycles. The molecular formula is C40H55ClN4O11Si. The molecule has 0 aliphatic rings. The highest BCUT2D eigenvalue weighted by atomic mass is 35.5. The number of amides is 4. The number of phenols is 3. The minimum atomic E-state index is -2.74. The van der Waals surface area contributed by atoms with Crippen LogP contribution in [0.5, 0.6) is 28.7 Å². The number of halogens is 1. The Kier molecular flexibility index (Phi) is 14.9. The quantitative estimate of drug-likeness (QED) is 0.0909. The number of methoxy groups -OCH3 is 2. The normalized spacial score (nSPS) is 14.0. The molecule has 0 aliphatic heterocycles. The number of hydrogen-bond donors (Lipinski definition) is 7. The van der Waals surface area contributed by atoms with Gasteiger partial charge < -0.3 is 55.2 Å². The number of alkyl carbamates (subject to hydrolysis) is 1. The zero-order valence-electron chi connectivity index (χ0n) is 34.4. The third-order valence-electron chi connectivity index (χ3n) is 9.55. The van der Waals surface area contributed by atoms with Gasteiger partial charge in [-0.2, -0.15) is 0 Å². The first-order chi connectivity index (χ1) is 26.3. The number of carbonyl (C=O) groups excluding carboxylic acids is 4. The summed E-state index contributed by atoms with van der Waals surface area (Å²) >= 11 is 6.25. The number of rotatable bonds is 14. The largest absolute Gasteiger partial charge is 0.508 e. The molecule has 0 aliphatic carbocycles. The van der Waals surface area contributed by atoms with Gasteiger partial charge in [0, 0.05) is 17.6 Å². The number of benzene rings is 3. The van der Waals surface area contributed by atoms with Gasteiger partial charge in [0.05, 0.1) is 20.3 Å². The van der Waals surface area contributed by atoms with Crippen molar-refractivity contribution in [2.75, 3.05) is 21.3 Å². The van der Waals surface area contributed by atoms with Gasteiger partial charge in [0.25, 0.3) is 0 Å². The van der Waals surface area contributed by atoms with Gasteiger partial charge in [-0.1, -0.05) is 44.5 Å². The molecule has 0 heterocycles. The van der Waals surface area contributed by atoms with Crippen molar-refractivity contribution in [3.05, 3.63) is 75.8 Å². The van der Waals surface area contributed by atoms with Crippen molar-refractivity contribution in [2.45, 2.75) is 96.4 Å². The van der Waals surface area contributed by atoms with Crippen molar-refractivity contribution < 1.29 is 53.1 Å². The molecule has 15 nitrogen and oxygen atoms in total. The summed E-state index contributed by atoms with van der Waals surface area (Å²) in [7, 11) is 1.16. The van der Waals surface area contributed by atoms with E-state index in [0.717, 1.165) is 12.1 Å². The lowest BCUT2D eigenvalue weighted by molar-refractivity contribution is -0.133. The number of likely N-dealkylation sites (N-methyl/N-ethyl adjacent to an activating group) is 1. The van der Waals surface area contributed by atoms with Crippen molar-refractivity contribution in [3.8, 4) is 28.7 Å².